The Bertz CT molecular complexity index is 727. The first kappa shape index (κ1) is 10.5. The van der Waals surface area contributed by atoms with E-state index in [2.05, 4.69) is 15.0 Å². The van der Waals surface area contributed by atoms with E-state index < -0.39 is 0 Å². The third-order valence-corrected chi connectivity index (χ3v) is 2.76. The van der Waals surface area contributed by atoms with Crippen LogP contribution in [0.4, 0.5) is 5.82 Å². The lowest BCUT2D eigenvalue weighted by Crippen LogP contribution is -1.96. The van der Waals surface area contributed by atoms with Crippen LogP contribution in [-0.4, -0.2) is 15.0 Å². The largest absolute Gasteiger partial charge is 0.871 e. The molecule has 18 heavy (non-hydrogen) atoms. The zero-order valence-electron chi connectivity index (χ0n) is 9.37. The molecule has 3 aromatic rings. The number of fused-ring (bicyclic) bond motifs is 1. The maximum atomic E-state index is 11.7. The van der Waals surface area contributed by atoms with Gasteiger partial charge in [-0.25, -0.2) is 9.97 Å². The van der Waals surface area contributed by atoms with Gasteiger partial charge < -0.3 is 10.8 Å². The van der Waals surface area contributed by atoms with Gasteiger partial charge in [0.05, 0.1) is 5.52 Å². The predicted molar refractivity (Wildman–Crippen MR) is 66.6 cm³/mol. The second kappa shape index (κ2) is 3.96. The molecule has 88 valence electrons. The van der Waals surface area contributed by atoms with Crippen LogP contribution in [0.3, 0.4) is 0 Å². The molecule has 0 radical (unpaired) electrons. The number of nitrogen functional groups attached to an aromatic ring is 1. The first-order valence-corrected chi connectivity index (χ1v) is 5.37. The Balaban J connectivity index is 2.26. The molecule has 0 spiro atoms. The summed E-state index contributed by atoms with van der Waals surface area (Å²) in [6, 6.07) is 7.17. The number of benzene rings is 1. The van der Waals surface area contributed by atoms with Gasteiger partial charge in [0.25, 0.3) is 0 Å². The molecule has 0 unspecified atom stereocenters. The van der Waals surface area contributed by atoms with Crippen LogP contribution in [0.5, 0.6) is 5.75 Å². The Morgan fingerprint density at radius 3 is 2.83 bits per heavy atom. The molecular weight excluding hydrogens is 228 g/mol. The van der Waals surface area contributed by atoms with Crippen LogP contribution in [0.25, 0.3) is 22.0 Å². The number of pyridine rings is 1. The lowest BCUT2D eigenvalue weighted by molar-refractivity contribution is -0.267. The summed E-state index contributed by atoms with van der Waals surface area (Å²) in [5.74, 6) is 0.288. The monoisotopic (exact) mass is 237 g/mol. The first-order chi connectivity index (χ1) is 8.75. The molecule has 2 N–H and O–H groups in total. The van der Waals surface area contributed by atoms with E-state index in [0.29, 0.717) is 11.4 Å². The summed E-state index contributed by atoms with van der Waals surface area (Å²) in [6.07, 6.45) is 4.30. The van der Waals surface area contributed by atoms with Gasteiger partial charge in [0, 0.05) is 17.8 Å². The molecule has 0 aliphatic carbocycles. The number of hydrogen-bond donors (Lipinski definition) is 1. The van der Waals surface area contributed by atoms with Crippen LogP contribution in [0, 0.1) is 0 Å². The highest BCUT2D eigenvalue weighted by molar-refractivity contribution is 5.92. The van der Waals surface area contributed by atoms with Crippen molar-refractivity contribution in [2.24, 2.45) is 0 Å². The minimum Gasteiger partial charge on any atom is -0.871 e. The van der Waals surface area contributed by atoms with Gasteiger partial charge in [-0.2, -0.15) is 0 Å². The Hall–Kier alpha value is -2.69. The van der Waals surface area contributed by atoms with Crippen molar-refractivity contribution in [2.75, 3.05) is 5.73 Å². The van der Waals surface area contributed by atoms with Gasteiger partial charge in [-0.05, 0) is 29.3 Å². The van der Waals surface area contributed by atoms with Gasteiger partial charge >= 0.3 is 0 Å². The molecule has 1 aromatic carbocycles. The minimum atomic E-state index is -0.118. The van der Waals surface area contributed by atoms with E-state index in [-0.39, 0.29) is 5.75 Å². The van der Waals surface area contributed by atoms with Crippen molar-refractivity contribution in [1.29, 1.82) is 0 Å². The van der Waals surface area contributed by atoms with E-state index in [0.717, 1.165) is 16.5 Å². The first-order valence-electron chi connectivity index (χ1n) is 5.37. The van der Waals surface area contributed by atoms with E-state index in [1.165, 1.54) is 12.5 Å². The summed E-state index contributed by atoms with van der Waals surface area (Å²) >= 11 is 0. The van der Waals surface area contributed by atoms with Gasteiger partial charge in [0.15, 0.2) is 0 Å². The average molecular weight is 237 g/mol. The van der Waals surface area contributed by atoms with Crippen molar-refractivity contribution >= 4 is 16.7 Å². The molecule has 0 atom stereocenters. The number of nitrogens with zero attached hydrogens (tertiary/aromatic N) is 3. The van der Waals surface area contributed by atoms with E-state index in [9.17, 15) is 5.11 Å². The smallest absolute Gasteiger partial charge is 0.134 e. The number of aromatic nitrogens is 3. The zero-order chi connectivity index (χ0) is 12.5. The van der Waals surface area contributed by atoms with Crippen LogP contribution in [0.1, 0.15) is 0 Å². The highest BCUT2D eigenvalue weighted by Crippen LogP contribution is 2.29. The summed E-state index contributed by atoms with van der Waals surface area (Å²) in [5.41, 5.74) is 7.94. The number of anilines is 1. The van der Waals surface area contributed by atoms with Crippen molar-refractivity contribution in [3.63, 3.8) is 0 Å². The lowest BCUT2D eigenvalue weighted by atomic mass is 10.0. The number of rotatable bonds is 1. The van der Waals surface area contributed by atoms with Crippen molar-refractivity contribution in [1.82, 2.24) is 15.0 Å². The molecule has 5 heteroatoms. The van der Waals surface area contributed by atoms with Crippen molar-refractivity contribution < 1.29 is 5.11 Å². The fourth-order valence-corrected chi connectivity index (χ4v) is 1.86. The van der Waals surface area contributed by atoms with Gasteiger partial charge in [0.1, 0.15) is 12.1 Å². The second-order valence-electron chi connectivity index (χ2n) is 3.86. The molecular formula is C13H9N4O-. The molecule has 0 amide bonds. The topological polar surface area (TPSA) is 87.8 Å². The van der Waals surface area contributed by atoms with E-state index in [1.54, 1.807) is 12.3 Å². The quantitative estimate of drug-likeness (QED) is 0.690. The second-order valence-corrected chi connectivity index (χ2v) is 3.86. The number of hydrogen-bond acceptors (Lipinski definition) is 5. The normalized spacial score (nSPS) is 10.7. The Morgan fingerprint density at radius 2 is 2.00 bits per heavy atom. The van der Waals surface area contributed by atoms with Gasteiger partial charge in [0.2, 0.25) is 0 Å². The predicted octanol–water partition coefficient (Wildman–Crippen LogP) is 1.35. The Kier molecular flexibility index (Phi) is 2.30. The summed E-state index contributed by atoms with van der Waals surface area (Å²) in [4.78, 5) is 11.8. The third-order valence-electron chi connectivity index (χ3n) is 2.76. The van der Waals surface area contributed by atoms with Crippen LogP contribution in [0.15, 0.2) is 43.0 Å². The van der Waals surface area contributed by atoms with E-state index >= 15 is 0 Å². The van der Waals surface area contributed by atoms with Gasteiger partial charge in [-0.15, -0.1) is 0 Å². The summed E-state index contributed by atoms with van der Waals surface area (Å²) < 4.78 is 0. The standard InChI is InChI=1S/C13H10N4O/c14-13-10-5-8(1-2-11(10)16-7-17-13)9-3-4-15-6-12(9)18/h1-7,18H,(H2,14,16,17)/p-1. The fourth-order valence-electron chi connectivity index (χ4n) is 1.86. The minimum absolute atomic E-state index is 0.118. The van der Waals surface area contributed by atoms with E-state index in [4.69, 9.17) is 5.73 Å². The van der Waals surface area contributed by atoms with Gasteiger partial charge in [-0.1, -0.05) is 11.8 Å². The molecule has 3 rings (SSSR count). The molecule has 2 aromatic heterocycles. The maximum Gasteiger partial charge on any atom is 0.134 e. The Morgan fingerprint density at radius 1 is 1.11 bits per heavy atom. The van der Waals surface area contributed by atoms with Crippen LogP contribution < -0.4 is 10.8 Å². The fraction of sp³-hybridized carbons (Fsp3) is 0. The third kappa shape index (κ3) is 1.62. The molecule has 0 saturated heterocycles. The molecule has 0 saturated carbocycles. The van der Waals surface area contributed by atoms with Crippen molar-refractivity contribution in [2.45, 2.75) is 0 Å². The maximum absolute atomic E-state index is 11.7. The zero-order valence-corrected chi connectivity index (χ0v) is 9.37. The van der Waals surface area contributed by atoms with Crippen molar-refractivity contribution in [3.05, 3.63) is 43.0 Å². The van der Waals surface area contributed by atoms with Gasteiger partial charge in [-0.3, -0.25) is 4.98 Å². The molecule has 2 heterocycles. The van der Waals surface area contributed by atoms with Crippen molar-refractivity contribution in [3.8, 4) is 16.9 Å². The van der Waals surface area contributed by atoms with E-state index in [1.807, 2.05) is 18.2 Å². The molecule has 0 aliphatic rings. The highest BCUT2D eigenvalue weighted by Gasteiger charge is 2.04. The summed E-state index contributed by atoms with van der Waals surface area (Å²) in [6.45, 7) is 0. The molecule has 0 fully saturated rings. The van der Waals surface area contributed by atoms with Crippen LogP contribution in [-0.2, 0) is 0 Å². The molecule has 0 aliphatic heterocycles. The number of nitrogens with two attached hydrogens (primary N) is 1. The van der Waals surface area contributed by atoms with Crippen LogP contribution in [0.2, 0.25) is 0 Å². The summed E-state index contributed by atoms with van der Waals surface area (Å²) in [5, 5.41) is 12.5. The molecule has 0 bridgehead atoms. The Labute approximate surface area is 103 Å². The molecule has 5 nitrogen and oxygen atoms in total. The average Bonchev–Trinajstić information content (AvgIpc) is 2.40. The lowest BCUT2D eigenvalue weighted by Gasteiger charge is -2.12. The summed E-state index contributed by atoms with van der Waals surface area (Å²) in [7, 11) is 0. The van der Waals surface area contributed by atoms with Crippen LogP contribution >= 0.6 is 0 Å². The highest BCUT2D eigenvalue weighted by atomic mass is 16.3. The SMILES string of the molecule is Nc1ncnc2ccc(-c3ccncc3[O-])cc12.